The van der Waals surface area contributed by atoms with Gasteiger partial charge in [-0.3, -0.25) is 0 Å². The molecule has 1 N–H and O–H groups in total. The molecule has 0 fully saturated rings. The molecule has 0 amide bonds. The standard InChI is InChI=1S/C18H23O2P/c1-11(2)17-12(3)9-16(18(19)13(17)4)20-15-7-5-14(10-21)6-8-15/h5-9,11,19H,10,21H2,1-4H3. The average Bonchev–Trinajstić information content (AvgIpc) is 2.45. The third-order valence-corrected chi connectivity index (χ3v) is 4.20. The zero-order valence-electron chi connectivity index (χ0n) is 13.1. The van der Waals surface area contributed by atoms with Crippen LogP contribution < -0.4 is 4.74 Å². The van der Waals surface area contributed by atoms with E-state index in [1.165, 1.54) is 11.1 Å². The van der Waals surface area contributed by atoms with Gasteiger partial charge in [0.2, 0.25) is 0 Å². The number of phenolic OH excluding ortho intramolecular Hbond substituents is 1. The predicted molar refractivity (Wildman–Crippen MR) is 91.6 cm³/mol. The lowest BCUT2D eigenvalue weighted by Gasteiger charge is -2.18. The Morgan fingerprint density at radius 1 is 1.14 bits per heavy atom. The molecule has 2 aromatic carbocycles. The molecule has 1 atom stereocenters. The van der Waals surface area contributed by atoms with Crippen molar-refractivity contribution in [3.63, 3.8) is 0 Å². The molecule has 1 unspecified atom stereocenters. The van der Waals surface area contributed by atoms with Crippen molar-refractivity contribution in [2.24, 2.45) is 0 Å². The number of benzene rings is 2. The van der Waals surface area contributed by atoms with Crippen molar-refractivity contribution >= 4 is 9.24 Å². The Hall–Kier alpha value is -1.53. The molecular formula is C18H23O2P. The van der Waals surface area contributed by atoms with E-state index in [-0.39, 0.29) is 5.75 Å². The highest BCUT2D eigenvalue weighted by molar-refractivity contribution is 7.15. The van der Waals surface area contributed by atoms with Crippen LogP contribution >= 0.6 is 9.24 Å². The minimum atomic E-state index is 0.236. The van der Waals surface area contributed by atoms with Gasteiger partial charge in [0.25, 0.3) is 0 Å². The maximum atomic E-state index is 10.4. The molecule has 0 aromatic heterocycles. The fourth-order valence-corrected chi connectivity index (χ4v) is 3.01. The van der Waals surface area contributed by atoms with E-state index >= 15 is 0 Å². The minimum Gasteiger partial charge on any atom is -0.504 e. The summed E-state index contributed by atoms with van der Waals surface area (Å²) >= 11 is 0. The summed E-state index contributed by atoms with van der Waals surface area (Å²) < 4.78 is 5.85. The van der Waals surface area contributed by atoms with Crippen LogP contribution in [0.15, 0.2) is 30.3 Å². The highest BCUT2D eigenvalue weighted by Crippen LogP contribution is 2.39. The highest BCUT2D eigenvalue weighted by Gasteiger charge is 2.16. The van der Waals surface area contributed by atoms with Crippen LogP contribution in [0.3, 0.4) is 0 Å². The van der Waals surface area contributed by atoms with E-state index in [4.69, 9.17) is 4.74 Å². The van der Waals surface area contributed by atoms with Crippen molar-refractivity contribution in [3.8, 4) is 17.2 Å². The molecule has 21 heavy (non-hydrogen) atoms. The van der Waals surface area contributed by atoms with Crippen LogP contribution in [0.1, 0.15) is 42.0 Å². The molecule has 0 bridgehead atoms. The van der Waals surface area contributed by atoms with Crippen LogP contribution in [0.5, 0.6) is 17.2 Å². The Balaban J connectivity index is 2.36. The Labute approximate surface area is 129 Å². The van der Waals surface area contributed by atoms with Gasteiger partial charge in [-0.25, -0.2) is 0 Å². The summed E-state index contributed by atoms with van der Waals surface area (Å²) in [7, 11) is 2.70. The monoisotopic (exact) mass is 302 g/mol. The normalized spacial score (nSPS) is 11.0. The zero-order valence-corrected chi connectivity index (χ0v) is 14.3. The van der Waals surface area contributed by atoms with Gasteiger partial charge in [0.1, 0.15) is 5.75 Å². The van der Waals surface area contributed by atoms with Crippen molar-refractivity contribution < 1.29 is 9.84 Å². The minimum absolute atomic E-state index is 0.236. The third-order valence-electron chi connectivity index (χ3n) is 3.73. The molecule has 2 aromatic rings. The molecule has 3 heteroatoms. The Kier molecular flexibility index (Phi) is 4.90. The highest BCUT2D eigenvalue weighted by atomic mass is 31.0. The fraction of sp³-hybridized carbons (Fsp3) is 0.333. The molecule has 0 aliphatic carbocycles. The smallest absolute Gasteiger partial charge is 0.169 e. The first-order chi connectivity index (χ1) is 9.93. The van der Waals surface area contributed by atoms with Crippen molar-refractivity contribution in [2.75, 3.05) is 0 Å². The van der Waals surface area contributed by atoms with Crippen LogP contribution in [0, 0.1) is 13.8 Å². The van der Waals surface area contributed by atoms with Gasteiger partial charge in [-0.05, 0) is 66.4 Å². The second-order valence-corrected chi connectivity index (χ2v) is 6.09. The number of hydrogen-bond acceptors (Lipinski definition) is 2. The second-order valence-electron chi connectivity index (χ2n) is 5.68. The van der Waals surface area contributed by atoms with E-state index in [2.05, 4.69) is 30.0 Å². The van der Waals surface area contributed by atoms with Gasteiger partial charge in [-0.1, -0.05) is 26.0 Å². The maximum Gasteiger partial charge on any atom is 0.169 e. The number of hydrogen-bond donors (Lipinski definition) is 1. The molecule has 0 heterocycles. The summed E-state index contributed by atoms with van der Waals surface area (Å²) in [5.41, 5.74) is 4.48. The van der Waals surface area contributed by atoms with E-state index in [0.717, 1.165) is 23.0 Å². The van der Waals surface area contributed by atoms with Crippen molar-refractivity contribution in [1.29, 1.82) is 0 Å². The Bertz CT molecular complexity index is 631. The fourth-order valence-electron chi connectivity index (χ4n) is 2.74. The van der Waals surface area contributed by atoms with E-state index < -0.39 is 0 Å². The predicted octanol–water partition coefficient (Wildman–Crippen LogP) is 5.30. The molecule has 0 saturated heterocycles. The van der Waals surface area contributed by atoms with Crippen LogP contribution in [0.4, 0.5) is 0 Å². The van der Waals surface area contributed by atoms with Crippen LogP contribution in [-0.4, -0.2) is 5.11 Å². The van der Waals surface area contributed by atoms with Crippen molar-refractivity contribution in [2.45, 2.75) is 39.8 Å². The molecule has 2 rings (SSSR count). The lowest BCUT2D eigenvalue weighted by molar-refractivity contribution is 0.407. The molecule has 0 spiro atoms. The summed E-state index contributed by atoms with van der Waals surface area (Å²) in [5.74, 6) is 1.88. The van der Waals surface area contributed by atoms with Gasteiger partial charge in [0, 0.05) is 0 Å². The van der Waals surface area contributed by atoms with Gasteiger partial charge in [0.05, 0.1) is 0 Å². The largest absolute Gasteiger partial charge is 0.504 e. The van der Waals surface area contributed by atoms with E-state index in [1.54, 1.807) is 0 Å². The third kappa shape index (κ3) is 3.39. The summed E-state index contributed by atoms with van der Waals surface area (Å²) in [6.45, 7) is 8.28. The lowest BCUT2D eigenvalue weighted by Crippen LogP contribution is -1.98. The van der Waals surface area contributed by atoms with Gasteiger partial charge >= 0.3 is 0 Å². The van der Waals surface area contributed by atoms with Crippen LogP contribution in [0.2, 0.25) is 0 Å². The SMILES string of the molecule is Cc1cc(Oc2ccc(CP)cc2)c(O)c(C)c1C(C)C. The van der Waals surface area contributed by atoms with E-state index in [0.29, 0.717) is 11.7 Å². The van der Waals surface area contributed by atoms with Gasteiger partial charge in [0.15, 0.2) is 11.5 Å². The molecule has 2 nitrogen and oxygen atoms in total. The maximum absolute atomic E-state index is 10.4. The molecule has 0 saturated carbocycles. The number of aromatic hydroxyl groups is 1. The van der Waals surface area contributed by atoms with Crippen molar-refractivity contribution in [1.82, 2.24) is 0 Å². The van der Waals surface area contributed by atoms with Crippen molar-refractivity contribution in [3.05, 3.63) is 52.6 Å². The topological polar surface area (TPSA) is 29.5 Å². The lowest BCUT2D eigenvalue weighted by atomic mass is 9.92. The Morgan fingerprint density at radius 3 is 2.29 bits per heavy atom. The molecule has 0 radical (unpaired) electrons. The number of rotatable bonds is 4. The quantitative estimate of drug-likeness (QED) is 0.777. The van der Waals surface area contributed by atoms with Crippen LogP contribution in [-0.2, 0) is 6.16 Å². The number of phenols is 1. The molecule has 112 valence electrons. The van der Waals surface area contributed by atoms with E-state index in [9.17, 15) is 5.11 Å². The Morgan fingerprint density at radius 2 is 1.76 bits per heavy atom. The molecule has 0 aliphatic heterocycles. The zero-order chi connectivity index (χ0) is 15.6. The number of aryl methyl sites for hydroxylation is 1. The average molecular weight is 302 g/mol. The first kappa shape index (κ1) is 15.9. The number of ether oxygens (including phenoxy) is 1. The van der Waals surface area contributed by atoms with E-state index in [1.807, 2.05) is 37.3 Å². The van der Waals surface area contributed by atoms with Gasteiger partial charge < -0.3 is 9.84 Å². The van der Waals surface area contributed by atoms with Gasteiger partial charge in [-0.15, -0.1) is 9.24 Å². The van der Waals surface area contributed by atoms with Gasteiger partial charge in [-0.2, -0.15) is 0 Å². The second kappa shape index (κ2) is 6.49. The first-order valence-corrected chi connectivity index (χ1v) is 8.05. The summed E-state index contributed by atoms with van der Waals surface area (Å²) in [6, 6.07) is 9.84. The first-order valence-electron chi connectivity index (χ1n) is 7.24. The van der Waals surface area contributed by atoms with Crippen LogP contribution in [0.25, 0.3) is 0 Å². The molecular weight excluding hydrogens is 279 g/mol. The summed E-state index contributed by atoms with van der Waals surface area (Å²) in [5, 5.41) is 10.4. The molecule has 0 aliphatic rings. The summed E-state index contributed by atoms with van der Waals surface area (Å²) in [4.78, 5) is 0. The summed E-state index contributed by atoms with van der Waals surface area (Å²) in [6.07, 6.45) is 0.923.